The lowest BCUT2D eigenvalue weighted by molar-refractivity contribution is 0.0479. The molecule has 0 aliphatic heterocycles. The van der Waals surface area contributed by atoms with Crippen molar-refractivity contribution in [2.75, 3.05) is 20.8 Å². The summed E-state index contributed by atoms with van der Waals surface area (Å²) in [5.74, 6) is 0.0939. The van der Waals surface area contributed by atoms with Gasteiger partial charge in [-0.2, -0.15) is 5.10 Å². The number of Topliss-reactive ketones (excluding diaryl/α,β-unsaturated/α-hetero) is 1. The number of hydrogen-bond acceptors (Lipinski definition) is 7. The SMILES string of the molecule is COc1ccc(C(=O)COC(=O)c2cc3c(C)nn(Cc4ccccc4)c3s2)cc1OC. The molecule has 2 aromatic heterocycles. The van der Waals surface area contributed by atoms with Crippen molar-refractivity contribution in [2.24, 2.45) is 0 Å². The monoisotopic (exact) mass is 450 g/mol. The Morgan fingerprint density at radius 3 is 2.47 bits per heavy atom. The Labute approximate surface area is 189 Å². The van der Waals surface area contributed by atoms with Gasteiger partial charge in [0.15, 0.2) is 23.9 Å². The van der Waals surface area contributed by atoms with Crippen molar-refractivity contribution in [1.82, 2.24) is 9.78 Å². The lowest BCUT2D eigenvalue weighted by Crippen LogP contribution is -2.13. The van der Waals surface area contributed by atoms with Crippen LogP contribution < -0.4 is 9.47 Å². The predicted octanol–water partition coefficient (Wildman–Crippen LogP) is 4.51. The van der Waals surface area contributed by atoms with Gasteiger partial charge in [0.2, 0.25) is 0 Å². The molecule has 4 aromatic rings. The van der Waals surface area contributed by atoms with Crippen molar-refractivity contribution in [3.05, 3.63) is 76.3 Å². The molecular weight excluding hydrogens is 428 g/mol. The molecule has 0 atom stereocenters. The number of rotatable bonds is 8. The highest BCUT2D eigenvalue weighted by Crippen LogP contribution is 2.30. The Kier molecular flexibility index (Phi) is 6.23. The molecule has 32 heavy (non-hydrogen) atoms. The third-order valence-electron chi connectivity index (χ3n) is 5.02. The predicted molar refractivity (Wildman–Crippen MR) is 122 cm³/mol. The number of esters is 1. The van der Waals surface area contributed by atoms with Gasteiger partial charge in [0, 0.05) is 10.9 Å². The van der Waals surface area contributed by atoms with E-state index in [0.29, 0.717) is 28.5 Å². The summed E-state index contributed by atoms with van der Waals surface area (Å²) in [6.07, 6.45) is 0. The number of ether oxygens (including phenoxy) is 3. The topological polar surface area (TPSA) is 79.7 Å². The molecule has 0 unspecified atom stereocenters. The van der Waals surface area contributed by atoms with Gasteiger partial charge in [0.25, 0.3) is 0 Å². The molecule has 2 aromatic carbocycles. The number of carbonyl (C=O) groups is 2. The number of ketones is 1. The number of hydrogen-bond donors (Lipinski definition) is 0. The van der Waals surface area contributed by atoms with Crippen LogP contribution in [0.1, 0.15) is 31.3 Å². The minimum Gasteiger partial charge on any atom is -0.493 e. The van der Waals surface area contributed by atoms with E-state index in [-0.39, 0.29) is 12.4 Å². The molecule has 7 nitrogen and oxygen atoms in total. The van der Waals surface area contributed by atoms with E-state index in [1.165, 1.54) is 25.6 Å². The third-order valence-corrected chi connectivity index (χ3v) is 6.15. The van der Waals surface area contributed by atoms with Crippen molar-refractivity contribution >= 4 is 33.3 Å². The molecule has 0 saturated carbocycles. The first kappa shape index (κ1) is 21.6. The zero-order chi connectivity index (χ0) is 22.7. The van der Waals surface area contributed by atoms with Gasteiger partial charge in [0.05, 0.1) is 26.5 Å². The molecule has 0 aliphatic carbocycles. The molecule has 2 heterocycles. The van der Waals surface area contributed by atoms with Crippen LogP contribution in [0.5, 0.6) is 11.5 Å². The Bertz CT molecular complexity index is 1280. The summed E-state index contributed by atoms with van der Waals surface area (Å²) in [5.41, 5.74) is 2.34. The van der Waals surface area contributed by atoms with Crippen LogP contribution in [0.4, 0.5) is 0 Å². The average molecular weight is 451 g/mol. The van der Waals surface area contributed by atoms with Gasteiger partial charge < -0.3 is 14.2 Å². The Hall–Kier alpha value is -3.65. The summed E-state index contributed by atoms with van der Waals surface area (Å²) >= 11 is 1.31. The van der Waals surface area contributed by atoms with Gasteiger partial charge in [-0.15, -0.1) is 11.3 Å². The lowest BCUT2D eigenvalue weighted by atomic mass is 10.1. The van der Waals surface area contributed by atoms with Crippen LogP contribution in [-0.2, 0) is 11.3 Å². The fourth-order valence-electron chi connectivity index (χ4n) is 3.37. The van der Waals surface area contributed by atoms with E-state index < -0.39 is 5.97 Å². The molecule has 0 aliphatic rings. The fourth-order valence-corrected chi connectivity index (χ4v) is 4.43. The highest BCUT2D eigenvalue weighted by Gasteiger charge is 2.19. The van der Waals surface area contributed by atoms with Crippen LogP contribution in [0.15, 0.2) is 54.6 Å². The van der Waals surface area contributed by atoms with E-state index in [4.69, 9.17) is 14.2 Å². The van der Waals surface area contributed by atoms with Gasteiger partial charge >= 0.3 is 5.97 Å². The van der Waals surface area contributed by atoms with E-state index in [9.17, 15) is 9.59 Å². The molecule has 4 rings (SSSR count). The van der Waals surface area contributed by atoms with Crippen molar-refractivity contribution < 1.29 is 23.8 Å². The first-order valence-electron chi connectivity index (χ1n) is 9.93. The van der Waals surface area contributed by atoms with Crippen LogP contribution >= 0.6 is 11.3 Å². The van der Waals surface area contributed by atoms with E-state index in [1.807, 2.05) is 41.9 Å². The number of benzene rings is 2. The number of nitrogens with zero attached hydrogens (tertiary/aromatic N) is 2. The maximum absolute atomic E-state index is 12.6. The van der Waals surface area contributed by atoms with Crippen LogP contribution in [0.25, 0.3) is 10.2 Å². The number of methoxy groups -OCH3 is 2. The van der Waals surface area contributed by atoms with Crippen LogP contribution in [0.2, 0.25) is 0 Å². The zero-order valence-corrected chi connectivity index (χ0v) is 18.8. The number of fused-ring (bicyclic) bond motifs is 1. The molecule has 0 spiro atoms. The summed E-state index contributed by atoms with van der Waals surface area (Å²) in [7, 11) is 3.02. The first-order chi connectivity index (χ1) is 15.5. The molecule has 0 N–H and O–H groups in total. The standard InChI is InChI=1S/C24H22N2O5S/c1-15-18-12-22(32-23(18)26(25-15)13-16-7-5-4-6-8-16)24(28)31-14-19(27)17-9-10-20(29-2)21(11-17)30-3/h4-12H,13-14H2,1-3H3. The quantitative estimate of drug-likeness (QED) is 0.290. The largest absolute Gasteiger partial charge is 0.493 e. The second-order valence-electron chi connectivity index (χ2n) is 7.13. The molecule has 0 fully saturated rings. The van der Waals surface area contributed by atoms with Crippen molar-refractivity contribution in [1.29, 1.82) is 0 Å². The fraction of sp³-hybridized carbons (Fsp3) is 0.208. The van der Waals surface area contributed by atoms with Crippen LogP contribution in [-0.4, -0.2) is 42.4 Å². The number of aromatic nitrogens is 2. The molecule has 0 amide bonds. The Balaban J connectivity index is 1.47. The summed E-state index contributed by atoms with van der Waals surface area (Å²) < 4.78 is 17.6. The number of carbonyl (C=O) groups excluding carboxylic acids is 2. The lowest BCUT2D eigenvalue weighted by Gasteiger charge is -2.09. The Morgan fingerprint density at radius 1 is 1.00 bits per heavy atom. The van der Waals surface area contributed by atoms with E-state index in [1.54, 1.807) is 24.3 Å². The molecule has 8 heteroatoms. The van der Waals surface area contributed by atoms with Gasteiger partial charge in [-0.1, -0.05) is 30.3 Å². The number of thiophene rings is 1. The maximum atomic E-state index is 12.6. The van der Waals surface area contributed by atoms with Gasteiger partial charge in [0.1, 0.15) is 9.71 Å². The minimum atomic E-state index is -0.536. The molecule has 0 saturated heterocycles. The average Bonchev–Trinajstić information content (AvgIpc) is 3.38. The zero-order valence-electron chi connectivity index (χ0n) is 18.0. The van der Waals surface area contributed by atoms with Gasteiger partial charge in [-0.05, 0) is 36.8 Å². The smallest absolute Gasteiger partial charge is 0.348 e. The first-order valence-corrected chi connectivity index (χ1v) is 10.7. The maximum Gasteiger partial charge on any atom is 0.348 e. The third kappa shape index (κ3) is 4.36. The molecule has 164 valence electrons. The van der Waals surface area contributed by atoms with Crippen LogP contribution in [0.3, 0.4) is 0 Å². The number of aryl methyl sites for hydroxylation is 1. The summed E-state index contributed by atoms with van der Waals surface area (Å²) in [6.45, 7) is 2.15. The van der Waals surface area contributed by atoms with Gasteiger partial charge in [-0.3, -0.25) is 9.48 Å². The van der Waals surface area contributed by atoms with Crippen molar-refractivity contribution in [3.63, 3.8) is 0 Å². The van der Waals surface area contributed by atoms with E-state index in [2.05, 4.69) is 5.10 Å². The summed E-state index contributed by atoms with van der Waals surface area (Å²) in [6, 6.07) is 16.6. The van der Waals surface area contributed by atoms with E-state index >= 15 is 0 Å². The Morgan fingerprint density at radius 2 is 1.75 bits per heavy atom. The minimum absolute atomic E-state index is 0.327. The molecule has 0 radical (unpaired) electrons. The van der Waals surface area contributed by atoms with Crippen molar-refractivity contribution in [2.45, 2.75) is 13.5 Å². The summed E-state index contributed by atoms with van der Waals surface area (Å²) in [5, 5.41) is 5.50. The van der Waals surface area contributed by atoms with E-state index in [0.717, 1.165) is 21.5 Å². The normalized spacial score (nSPS) is 10.8. The second kappa shape index (κ2) is 9.23. The van der Waals surface area contributed by atoms with Crippen LogP contribution in [0, 0.1) is 6.92 Å². The molecule has 0 bridgehead atoms. The second-order valence-corrected chi connectivity index (χ2v) is 8.16. The molecular formula is C24H22N2O5S. The summed E-state index contributed by atoms with van der Waals surface area (Å²) in [4.78, 5) is 26.4. The highest BCUT2D eigenvalue weighted by atomic mass is 32.1. The van der Waals surface area contributed by atoms with Crippen molar-refractivity contribution in [3.8, 4) is 11.5 Å². The van der Waals surface area contributed by atoms with Gasteiger partial charge in [-0.25, -0.2) is 4.79 Å². The highest BCUT2D eigenvalue weighted by molar-refractivity contribution is 7.20.